The number of morpholine rings is 1. The Morgan fingerprint density at radius 2 is 1.84 bits per heavy atom. The number of carbonyl (C=O) groups is 2. The Kier molecular flexibility index (Phi) is 8.46. The molecule has 2 aliphatic heterocycles. The molecule has 2 aromatic rings. The van der Waals surface area contributed by atoms with Crippen LogP contribution in [0.15, 0.2) is 60.7 Å². The van der Waals surface area contributed by atoms with Gasteiger partial charge < -0.3 is 19.5 Å². The van der Waals surface area contributed by atoms with E-state index in [-0.39, 0.29) is 11.3 Å². The van der Waals surface area contributed by atoms with Gasteiger partial charge in [0.05, 0.1) is 24.8 Å². The summed E-state index contributed by atoms with van der Waals surface area (Å²) in [6.07, 6.45) is 1.66. The quantitative estimate of drug-likeness (QED) is 0.236. The van der Waals surface area contributed by atoms with Gasteiger partial charge in [-0.1, -0.05) is 50.8 Å². The third-order valence-electron chi connectivity index (χ3n) is 7.02. The van der Waals surface area contributed by atoms with Gasteiger partial charge in [0.15, 0.2) is 0 Å². The summed E-state index contributed by atoms with van der Waals surface area (Å²) in [7, 11) is 0. The van der Waals surface area contributed by atoms with E-state index in [2.05, 4.69) is 25.3 Å². The SMILES string of the molecule is C=CCOc1ccc(C(O)=C2C(=O)C(=O)N(CCN3CCOCC3)[C@H]2c2ccc(C(C)C)cc2)cc1C. The monoisotopic (exact) mass is 504 g/mol. The van der Waals surface area contributed by atoms with Crippen molar-refractivity contribution in [3.05, 3.63) is 82.9 Å². The molecular formula is C30H36N2O5. The fraction of sp³-hybridized carbons (Fsp3) is 0.400. The minimum atomic E-state index is -0.667. The van der Waals surface area contributed by atoms with Crippen LogP contribution >= 0.6 is 0 Å². The lowest BCUT2D eigenvalue weighted by molar-refractivity contribution is -0.140. The molecule has 196 valence electrons. The van der Waals surface area contributed by atoms with Crippen molar-refractivity contribution in [1.82, 2.24) is 9.80 Å². The van der Waals surface area contributed by atoms with Gasteiger partial charge in [0.25, 0.3) is 11.7 Å². The Labute approximate surface area is 219 Å². The van der Waals surface area contributed by atoms with Crippen LogP contribution in [0.4, 0.5) is 0 Å². The van der Waals surface area contributed by atoms with Crippen LogP contribution < -0.4 is 4.74 Å². The Morgan fingerprint density at radius 3 is 2.46 bits per heavy atom. The van der Waals surface area contributed by atoms with Gasteiger partial charge in [0, 0.05) is 31.7 Å². The Balaban J connectivity index is 1.73. The van der Waals surface area contributed by atoms with Crippen molar-refractivity contribution in [2.45, 2.75) is 32.7 Å². The van der Waals surface area contributed by atoms with Crippen molar-refractivity contribution in [3.8, 4) is 5.75 Å². The van der Waals surface area contributed by atoms with E-state index in [0.29, 0.717) is 50.1 Å². The zero-order chi connectivity index (χ0) is 26.5. The predicted molar refractivity (Wildman–Crippen MR) is 144 cm³/mol. The lowest BCUT2D eigenvalue weighted by Gasteiger charge is -2.31. The minimum Gasteiger partial charge on any atom is -0.507 e. The zero-order valence-corrected chi connectivity index (χ0v) is 21.9. The molecule has 0 spiro atoms. The number of ketones is 1. The average molecular weight is 505 g/mol. The van der Waals surface area contributed by atoms with Gasteiger partial charge in [0.2, 0.25) is 0 Å². The smallest absolute Gasteiger partial charge is 0.295 e. The number of aryl methyl sites for hydroxylation is 1. The highest BCUT2D eigenvalue weighted by atomic mass is 16.5. The number of likely N-dealkylation sites (tertiary alicyclic amines) is 1. The molecule has 0 saturated carbocycles. The predicted octanol–water partition coefficient (Wildman–Crippen LogP) is 4.44. The number of benzene rings is 2. The number of aliphatic hydroxyl groups excluding tert-OH is 1. The van der Waals surface area contributed by atoms with Crippen LogP contribution in [-0.2, 0) is 14.3 Å². The van der Waals surface area contributed by atoms with Gasteiger partial charge in [0.1, 0.15) is 18.1 Å². The van der Waals surface area contributed by atoms with E-state index >= 15 is 0 Å². The lowest BCUT2D eigenvalue weighted by atomic mass is 9.93. The number of aliphatic hydroxyl groups is 1. The standard InChI is InChI=1S/C30H36N2O5/c1-5-16-37-25-11-10-24(19-21(25)4)28(33)26-27(23-8-6-22(7-9-23)20(2)3)32(30(35)29(26)34)13-12-31-14-17-36-18-15-31/h5-11,19-20,27,33H,1,12-18H2,2-4H3/t27-/m0/s1. The first-order valence-electron chi connectivity index (χ1n) is 12.8. The Hall–Kier alpha value is -3.42. The highest BCUT2D eigenvalue weighted by molar-refractivity contribution is 6.46. The van der Waals surface area contributed by atoms with Crippen LogP contribution in [0.25, 0.3) is 5.76 Å². The number of rotatable bonds is 9. The second-order valence-electron chi connectivity index (χ2n) is 9.85. The maximum Gasteiger partial charge on any atom is 0.295 e. The molecule has 1 N–H and O–H groups in total. The van der Waals surface area contributed by atoms with Crippen LogP contribution in [0.2, 0.25) is 0 Å². The molecule has 0 radical (unpaired) electrons. The van der Waals surface area contributed by atoms with Crippen LogP contribution in [0.1, 0.15) is 48.1 Å². The molecule has 7 nitrogen and oxygen atoms in total. The largest absolute Gasteiger partial charge is 0.507 e. The van der Waals surface area contributed by atoms with Gasteiger partial charge >= 0.3 is 0 Å². The normalized spacial score (nSPS) is 20.0. The van der Waals surface area contributed by atoms with Gasteiger partial charge in [-0.25, -0.2) is 0 Å². The van der Waals surface area contributed by atoms with E-state index < -0.39 is 17.7 Å². The lowest BCUT2D eigenvalue weighted by Crippen LogP contribution is -2.42. The second kappa shape index (κ2) is 11.8. The molecule has 2 aliphatic rings. The minimum absolute atomic E-state index is 0.114. The summed E-state index contributed by atoms with van der Waals surface area (Å²) in [6.45, 7) is 14.1. The molecule has 37 heavy (non-hydrogen) atoms. The number of amides is 1. The van der Waals surface area contributed by atoms with Crippen molar-refractivity contribution < 1.29 is 24.2 Å². The maximum atomic E-state index is 13.4. The summed E-state index contributed by atoms with van der Waals surface area (Å²) in [4.78, 5) is 30.5. The van der Waals surface area contributed by atoms with E-state index in [1.54, 1.807) is 29.2 Å². The molecular weight excluding hydrogens is 468 g/mol. The molecule has 0 unspecified atom stereocenters. The van der Waals surface area contributed by atoms with E-state index in [9.17, 15) is 14.7 Å². The van der Waals surface area contributed by atoms with E-state index in [1.165, 1.54) is 5.56 Å². The first kappa shape index (κ1) is 26.6. The van der Waals surface area contributed by atoms with Crippen molar-refractivity contribution in [2.75, 3.05) is 46.0 Å². The number of carbonyl (C=O) groups excluding carboxylic acids is 2. The number of hydrogen-bond donors (Lipinski definition) is 1. The maximum absolute atomic E-state index is 13.4. The molecule has 2 fully saturated rings. The van der Waals surface area contributed by atoms with Crippen LogP contribution in [0.5, 0.6) is 5.75 Å². The fourth-order valence-electron chi connectivity index (χ4n) is 4.86. The third-order valence-corrected chi connectivity index (χ3v) is 7.02. The van der Waals surface area contributed by atoms with E-state index in [0.717, 1.165) is 24.2 Å². The van der Waals surface area contributed by atoms with Crippen LogP contribution in [-0.4, -0.2) is 72.6 Å². The average Bonchev–Trinajstić information content (AvgIpc) is 3.16. The van der Waals surface area contributed by atoms with E-state index in [1.807, 2.05) is 31.2 Å². The van der Waals surface area contributed by atoms with Crippen molar-refractivity contribution in [2.24, 2.45) is 0 Å². The van der Waals surface area contributed by atoms with Gasteiger partial charge in [-0.3, -0.25) is 14.5 Å². The highest BCUT2D eigenvalue weighted by Crippen LogP contribution is 2.40. The molecule has 1 atom stereocenters. The number of Topliss-reactive ketones (excluding diaryl/α,β-unsaturated/α-hetero) is 1. The fourth-order valence-corrected chi connectivity index (χ4v) is 4.86. The summed E-state index contributed by atoms with van der Waals surface area (Å²) >= 11 is 0. The Bertz CT molecular complexity index is 1180. The molecule has 1 amide bonds. The summed E-state index contributed by atoms with van der Waals surface area (Å²) in [6, 6.07) is 12.5. The second-order valence-corrected chi connectivity index (χ2v) is 9.85. The molecule has 2 saturated heterocycles. The van der Waals surface area contributed by atoms with E-state index in [4.69, 9.17) is 9.47 Å². The van der Waals surface area contributed by atoms with Crippen LogP contribution in [0.3, 0.4) is 0 Å². The summed E-state index contributed by atoms with van der Waals surface area (Å²) in [5.41, 5.74) is 3.36. The molecule has 2 aromatic carbocycles. The first-order valence-corrected chi connectivity index (χ1v) is 12.8. The van der Waals surface area contributed by atoms with Gasteiger partial charge in [-0.05, 0) is 47.7 Å². The summed E-state index contributed by atoms with van der Waals surface area (Å²) in [5, 5.41) is 11.4. The highest BCUT2D eigenvalue weighted by Gasteiger charge is 2.46. The van der Waals surface area contributed by atoms with Gasteiger partial charge in [-0.15, -0.1) is 0 Å². The topological polar surface area (TPSA) is 79.3 Å². The van der Waals surface area contributed by atoms with Crippen molar-refractivity contribution in [3.63, 3.8) is 0 Å². The number of nitrogens with zero attached hydrogens (tertiary/aromatic N) is 2. The number of hydrogen-bond acceptors (Lipinski definition) is 6. The number of ether oxygens (including phenoxy) is 2. The first-order chi connectivity index (χ1) is 17.8. The molecule has 0 aliphatic carbocycles. The zero-order valence-electron chi connectivity index (χ0n) is 21.9. The Morgan fingerprint density at radius 1 is 1.14 bits per heavy atom. The van der Waals surface area contributed by atoms with Crippen molar-refractivity contribution in [1.29, 1.82) is 0 Å². The molecule has 2 heterocycles. The van der Waals surface area contributed by atoms with Crippen molar-refractivity contribution >= 4 is 17.4 Å². The summed E-state index contributed by atoms with van der Waals surface area (Å²) < 4.78 is 11.1. The van der Waals surface area contributed by atoms with Crippen LogP contribution in [0, 0.1) is 6.92 Å². The molecule has 4 rings (SSSR count). The molecule has 0 bridgehead atoms. The molecule has 7 heteroatoms. The van der Waals surface area contributed by atoms with Gasteiger partial charge in [-0.2, -0.15) is 0 Å². The summed E-state index contributed by atoms with van der Waals surface area (Å²) in [5.74, 6) is -0.407. The third kappa shape index (κ3) is 5.78. The molecule has 0 aromatic heterocycles.